The summed E-state index contributed by atoms with van der Waals surface area (Å²) < 4.78 is 11.2. The SMILES string of the molecule is N#Cc1ccccc1CC1(O)CC2COCC(C1)N2C(=O)OCc1ccccc1. The highest BCUT2D eigenvalue weighted by Gasteiger charge is 2.48. The Balaban J connectivity index is 1.46. The maximum Gasteiger partial charge on any atom is 0.410 e. The van der Waals surface area contributed by atoms with E-state index in [2.05, 4.69) is 6.07 Å². The van der Waals surface area contributed by atoms with Crippen LogP contribution in [0.1, 0.15) is 29.5 Å². The number of carbonyl (C=O) groups is 1. The van der Waals surface area contributed by atoms with Crippen molar-refractivity contribution < 1.29 is 19.4 Å². The van der Waals surface area contributed by atoms with Crippen molar-refractivity contribution in [3.63, 3.8) is 0 Å². The summed E-state index contributed by atoms with van der Waals surface area (Å²) in [6, 6.07) is 18.6. The molecule has 0 aliphatic carbocycles. The highest BCUT2D eigenvalue weighted by atomic mass is 16.6. The van der Waals surface area contributed by atoms with Crippen LogP contribution in [0.25, 0.3) is 0 Å². The van der Waals surface area contributed by atoms with Gasteiger partial charge in [0.2, 0.25) is 0 Å². The van der Waals surface area contributed by atoms with Gasteiger partial charge in [0.05, 0.1) is 42.5 Å². The lowest BCUT2D eigenvalue weighted by atomic mass is 9.77. The molecular weight excluding hydrogens is 368 g/mol. The van der Waals surface area contributed by atoms with Crippen LogP contribution < -0.4 is 0 Å². The molecule has 2 saturated heterocycles. The maximum absolute atomic E-state index is 12.8. The molecule has 2 aromatic rings. The van der Waals surface area contributed by atoms with Crippen LogP contribution in [0.15, 0.2) is 54.6 Å². The zero-order valence-electron chi connectivity index (χ0n) is 16.2. The van der Waals surface area contributed by atoms with Gasteiger partial charge in [-0.05, 0) is 30.0 Å². The summed E-state index contributed by atoms with van der Waals surface area (Å²) in [4.78, 5) is 14.5. The fourth-order valence-corrected chi connectivity index (χ4v) is 4.45. The molecule has 0 saturated carbocycles. The molecule has 2 aliphatic rings. The van der Waals surface area contributed by atoms with E-state index in [1.807, 2.05) is 48.5 Å². The van der Waals surface area contributed by atoms with Gasteiger partial charge < -0.3 is 14.6 Å². The Morgan fingerprint density at radius 2 is 1.79 bits per heavy atom. The van der Waals surface area contributed by atoms with Gasteiger partial charge in [0, 0.05) is 6.42 Å². The third-order valence-electron chi connectivity index (χ3n) is 5.71. The summed E-state index contributed by atoms with van der Waals surface area (Å²) in [5.41, 5.74) is 1.36. The molecular formula is C23H24N2O4. The first-order valence-electron chi connectivity index (χ1n) is 9.85. The van der Waals surface area contributed by atoms with Gasteiger partial charge in [0.25, 0.3) is 0 Å². The van der Waals surface area contributed by atoms with E-state index in [0.717, 1.165) is 11.1 Å². The minimum atomic E-state index is -0.984. The third-order valence-corrected chi connectivity index (χ3v) is 5.71. The second-order valence-corrected chi connectivity index (χ2v) is 7.87. The van der Waals surface area contributed by atoms with Crippen molar-refractivity contribution in [1.82, 2.24) is 4.90 Å². The van der Waals surface area contributed by atoms with Gasteiger partial charge in [-0.2, -0.15) is 5.26 Å². The van der Waals surface area contributed by atoms with E-state index in [4.69, 9.17) is 9.47 Å². The molecule has 1 amide bonds. The zero-order chi connectivity index (χ0) is 20.3. The van der Waals surface area contributed by atoms with E-state index in [9.17, 15) is 15.2 Å². The van der Waals surface area contributed by atoms with Crippen LogP contribution in [0.5, 0.6) is 0 Å². The van der Waals surface area contributed by atoms with E-state index in [-0.39, 0.29) is 24.8 Å². The van der Waals surface area contributed by atoms with Crippen LogP contribution in [0, 0.1) is 11.3 Å². The average molecular weight is 392 g/mol. The van der Waals surface area contributed by atoms with Crippen LogP contribution in [-0.2, 0) is 22.5 Å². The summed E-state index contributed by atoms with van der Waals surface area (Å²) in [5, 5.41) is 20.7. The molecule has 29 heavy (non-hydrogen) atoms. The van der Waals surface area contributed by atoms with Crippen molar-refractivity contribution >= 4 is 6.09 Å². The predicted molar refractivity (Wildman–Crippen MR) is 106 cm³/mol. The van der Waals surface area contributed by atoms with Crippen molar-refractivity contribution in [2.75, 3.05) is 13.2 Å². The topological polar surface area (TPSA) is 82.8 Å². The molecule has 2 bridgehead atoms. The molecule has 150 valence electrons. The Morgan fingerprint density at radius 3 is 2.48 bits per heavy atom. The van der Waals surface area contributed by atoms with Gasteiger partial charge in [-0.3, -0.25) is 4.90 Å². The van der Waals surface area contributed by atoms with Crippen molar-refractivity contribution in [3.05, 3.63) is 71.3 Å². The minimum Gasteiger partial charge on any atom is -0.445 e. The molecule has 2 aliphatic heterocycles. The first-order valence-corrected chi connectivity index (χ1v) is 9.85. The second-order valence-electron chi connectivity index (χ2n) is 7.87. The number of carbonyl (C=O) groups excluding carboxylic acids is 1. The van der Waals surface area contributed by atoms with Gasteiger partial charge in [-0.1, -0.05) is 48.5 Å². The van der Waals surface area contributed by atoms with E-state index in [0.29, 0.717) is 38.0 Å². The summed E-state index contributed by atoms with van der Waals surface area (Å²) in [5.74, 6) is 0. The monoisotopic (exact) mass is 392 g/mol. The molecule has 6 nitrogen and oxygen atoms in total. The number of hydrogen-bond acceptors (Lipinski definition) is 5. The molecule has 2 atom stereocenters. The first kappa shape index (κ1) is 19.4. The number of fused-ring (bicyclic) bond motifs is 2. The summed E-state index contributed by atoms with van der Waals surface area (Å²) in [7, 11) is 0. The largest absolute Gasteiger partial charge is 0.445 e. The van der Waals surface area contributed by atoms with Crippen LogP contribution in [-0.4, -0.2) is 47.0 Å². The van der Waals surface area contributed by atoms with Gasteiger partial charge in [-0.15, -0.1) is 0 Å². The highest BCUT2D eigenvalue weighted by molar-refractivity contribution is 5.69. The smallest absolute Gasteiger partial charge is 0.410 e. The van der Waals surface area contributed by atoms with Gasteiger partial charge in [0.1, 0.15) is 6.61 Å². The number of amides is 1. The highest BCUT2D eigenvalue weighted by Crippen LogP contribution is 2.37. The Morgan fingerprint density at radius 1 is 1.14 bits per heavy atom. The summed E-state index contributed by atoms with van der Waals surface area (Å²) in [6.45, 7) is 0.967. The molecule has 0 spiro atoms. The van der Waals surface area contributed by atoms with Crippen LogP contribution in [0.3, 0.4) is 0 Å². The number of morpholine rings is 1. The second kappa shape index (κ2) is 8.24. The molecule has 4 rings (SSSR count). The molecule has 0 radical (unpaired) electrons. The van der Waals surface area contributed by atoms with Crippen LogP contribution in [0.2, 0.25) is 0 Å². The molecule has 2 heterocycles. The van der Waals surface area contributed by atoms with Crippen molar-refractivity contribution in [2.45, 2.75) is 43.6 Å². The molecule has 2 fully saturated rings. The molecule has 2 aromatic carbocycles. The van der Waals surface area contributed by atoms with Crippen LogP contribution >= 0.6 is 0 Å². The lowest BCUT2D eigenvalue weighted by Gasteiger charge is -2.51. The molecule has 0 aromatic heterocycles. The summed E-state index contributed by atoms with van der Waals surface area (Å²) in [6.07, 6.45) is 0.802. The lowest BCUT2D eigenvalue weighted by Crippen LogP contribution is -2.64. The number of ether oxygens (including phenoxy) is 2. The van der Waals surface area contributed by atoms with Crippen LogP contribution in [0.4, 0.5) is 4.79 Å². The Labute approximate surface area is 170 Å². The molecule has 1 N–H and O–H groups in total. The van der Waals surface area contributed by atoms with E-state index in [1.54, 1.807) is 11.0 Å². The quantitative estimate of drug-likeness (QED) is 0.865. The van der Waals surface area contributed by atoms with E-state index >= 15 is 0 Å². The predicted octanol–water partition coefficient (Wildman–Crippen LogP) is 3.03. The standard InChI is InChI=1S/C23H24N2O4/c24-13-19-9-5-4-8-18(19)10-23(27)11-20-15-28-16-21(12-23)25(20)22(26)29-14-17-6-2-1-3-7-17/h1-9,20-21,27H,10-12,14-16H2. The van der Waals surface area contributed by atoms with Gasteiger partial charge >= 0.3 is 6.09 Å². The maximum atomic E-state index is 12.8. The Kier molecular flexibility index (Phi) is 5.52. The van der Waals surface area contributed by atoms with Crippen molar-refractivity contribution in [2.24, 2.45) is 0 Å². The summed E-state index contributed by atoms with van der Waals surface area (Å²) >= 11 is 0. The number of aliphatic hydroxyl groups is 1. The Hall–Kier alpha value is -2.88. The fourth-order valence-electron chi connectivity index (χ4n) is 4.45. The Bertz CT molecular complexity index is 895. The number of nitrogens with zero attached hydrogens (tertiary/aromatic N) is 2. The first-order chi connectivity index (χ1) is 14.1. The number of nitriles is 1. The molecule has 2 unspecified atom stereocenters. The van der Waals surface area contributed by atoms with E-state index < -0.39 is 5.60 Å². The zero-order valence-corrected chi connectivity index (χ0v) is 16.2. The number of rotatable bonds is 4. The van der Waals surface area contributed by atoms with Crippen molar-refractivity contribution in [3.8, 4) is 6.07 Å². The van der Waals surface area contributed by atoms with E-state index in [1.165, 1.54) is 0 Å². The average Bonchev–Trinajstić information content (AvgIpc) is 2.72. The number of piperidine rings is 1. The number of hydrogen-bond donors (Lipinski definition) is 1. The van der Waals surface area contributed by atoms with Crippen molar-refractivity contribution in [1.29, 1.82) is 5.26 Å². The molecule has 6 heteroatoms. The third kappa shape index (κ3) is 4.26. The normalized spacial score (nSPS) is 25.9. The fraction of sp³-hybridized carbons (Fsp3) is 0.391. The number of benzene rings is 2. The lowest BCUT2D eigenvalue weighted by molar-refractivity contribution is -0.132. The van der Waals surface area contributed by atoms with Gasteiger partial charge in [0.15, 0.2) is 0 Å². The minimum absolute atomic E-state index is 0.219. The van der Waals surface area contributed by atoms with Gasteiger partial charge in [-0.25, -0.2) is 4.79 Å².